The Hall–Kier alpha value is -3.11. The molecule has 4 rings (SSSR count). The Morgan fingerprint density at radius 2 is 1.85 bits per heavy atom. The number of nitrogens with zero attached hydrogens (tertiary/aromatic N) is 4. The molecule has 4 aromatic rings. The van der Waals surface area contributed by atoms with Gasteiger partial charge in [0.05, 0.1) is 29.1 Å². The highest BCUT2D eigenvalue weighted by molar-refractivity contribution is 6.33. The Morgan fingerprint density at radius 1 is 1.12 bits per heavy atom. The second kappa shape index (κ2) is 9.80. The van der Waals surface area contributed by atoms with Crippen LogP contribution < -0.4 is 0 Å². The van der Waals surface area contributed by atoms with E-state index < -0.39 is 17.7 Å². The highest BCUT2D eigenvalue weighted by Gasteiger charge is 2.32. The molecule has 0 spiro atoms. The first-order chi connectivity index (χ1) is 15.7. The van der Waals surface area contributed by atoms with Crippen LogP contribution in [0, 0.1) is 0 Å². The number of methoxy groups -OCH3 is 1. The first kappa shape index (κ1) is 24.5. The van der Waals surface area contributed by atoms with E-state index in [9.17, 15) is 18.0 Å². The number of hydrogen-bond acceptors (Lipinski definition) is 6. The van der Waals surface area contributed by atoms with Gasteiger partial charge in [-0.15, -0.1) is 0 Å². The fraction of sp³-hybridized carbons (Fsp3) is 0.238. The van der Waals surface area contributed by atoms with E-state index in [4.69, 9.17) is 27.7 Å². The van der Waals surface area contributed by atoms with Crippen molar-refractivity contribution in [1.29, 1.82) is 0 Å². The third-order valence-electron chi connectivity index (χ3n) is 4.33. The number of alkyl halides is 3. The number of rotatable bonds is 4. The molecule has 3 aromatic heterocycles. The molecule has 0 amide bonds. The minimum Gasteiger partial charge on any atom is -0.469 e. The van der Waals surface area contributed by atoms with Gasteiger partial charge in [0, 0.05) is 18.0 Å². The summed E-state index contributed by atoms with van der Waals surface area (Å²) in [6.45, 7) is 4.00. The van der Waals surface area contributed by atoms with Crippen LogP contribution in [0.2, 0.25) is 10.0 Å². The number of ether oxygens (including phenoxy) is 1. The zero-order chi connectivity index (χ0) is 24.3. The van der Waals surface area contributed by atoms with E-state index in [0.717, 1.165) is 16.7 Å². The van der Waals surface area contributed by atoms with Gasteiger partial charge < -0.3 is 13.7 Å². The van der Waals surface area contributed by atoms with Crippen LogP contribution in [-0.4, -0.2) is 32.6 Å². The molecule has 0 aliphatic carbocycles. The summed E-state index contributed by atoms with van der Waals surface area (Å²) < 4.78 is 50.0. The standard InChI is InChI=1S/C19H11Cl2F3N4O3.C2H6/c1-30-15(29)5-9-2-3-11(12(20)4-9)16-26-18(31-27-16)14-8-28-7-10(19(22,23)24)6-13(21)17(28)25-14;1-2/h2-4,6-8H,5H2,1H3;1-2H3. The third-order valence-corrected chi connectivity index (χ3v) is 4.92. The van der Waals surface area contributed by atoms with Gasteiger partial charge in [-0.1, -0.05) is 48.3 Å². The molecular formula is C21H17Cl2F3N4O3. The van der Waals surface area contributed by atoms with Crippen molar-refractivity contribution in [2.45, 2.75) is 26.4 Å². The van der Waals surface area contributed by atoms with Crippen LogP contribution in [0.5, 0.6) is 0 Å². The van der Waals surface area contributed by atoms with Crippen LogP contribution in [0.4, 0.5) is 13.2 Å². The summed E-state index contributed by atoms with van der Waals surface area (Å²) in [5.74, 6) is -0.299. The maximum absolute atomic E-state index is 13.0. The third kappa shape index (κ3) is 5.28. The van der Waals surface area contributed by atoms with Crippen molar-refractivity contribution < 1.29 is 27.2 Å². The van der Waals surface area contributed by atoms with Gasteiger partial charge >= 0.3 is 12.1 Å². The van der Waals surface area contributed by atoms with Gasteiger partial charge in [-0.2, -0.15) is 18.2 Å². The Balaban J connectivity index is 0.00000149. The number of aromatic nitrogens is 4. The molecule has 7 nitrogen and oxygen atoms in total. The quantitative estimate of drug-likeness (QED) is 0.314. The first-order valence-corrected chi connectivity index (χ1v) is 10.4. The highest BCUT2D eigenvalue weighted by atomic mass is 35.5. The van der Waals surface area contributed by atoms with Gasteiger partial charge in [0.1, 0.15) is 5.69 Å². The van der Waals surface area contributed by atoms with E-state index in [1.165, 1.54) is 13.3 Å². The Kier molecular flexibility index (Phi) is 7.28. The number of imidazole rings is 1. The summed E-state index contributed by atoms with van der Waals surface area (Å²) >= 11 is 12.2. The van der Waals surface area contributed by atoms with Crippen molar-refractivity contribution in [2.75, 3.05) is 7.11 Å². The number of hydrogen-bond donors (Lipinski definition) is 0. The zero-order valence-corrected chi connectivity index (χ0v) is 19.1. The molecule has 0 aliphatic rings. The van der Waals surface area contributed by atoms with Gasteiger partial charge in [0.25, 0.3) is 5.89 Å². The van der Waals surface area contributed by atoms with Crippen LogP contribution in [0.1, 0.15) is 25.0 Å². The van der Waals surface area contributed by atoms with Crippen LogP contribution in [0.25, 0.3) is 28.6 Å². The van der Waals surface area contributed by atoms with E-state index in [1.807, 2.05) is 13.8 Å². The summed E-state index contributed by atoms with van der Waals surface area (Å²) in [4.78, 5) is 19.8. The summed E-state index contributed by atoms with van der Waals surface area (Å²) in [5, 5.41) is 3.96. The molecule has 174 valence electrons. The summed E-state index contributed by atoms with van der Waals surface area (Å²) in [5.41, 5.74) is 0.401. The molecule has 0 saturated heterocycles. The Bertz CT molecular complexity index is 1300. The van der Waals surface area contributed by atoms with E-state index in [2.05, 4.69) is 19.9 Å². The normalized spacial score (nSPS) is 11.3. The molecular weight excluding hydrogens is 484 g/mol. The fourth-order valence-corrected chi connectivity index (χ4v) is 3.39. The molecule has 12 heteroatoms. The van der Waals surface area contributed by atoms with E-state index in [-0.39, 0.29) is 39.5 Å². The SMILES string of the molecule is CC.COC(=O)Cc1ccc(-c2noc(-c3cn4cc(C(F)(F)F)cc(Cl)c4n3)n2)c(Cl)c1. The van der Waals surface area contributed by atoms with Crippen LogP contribution in [0.15, 0.2) is 41.2 Å². The second-order valence-electron chi connectivity index (χ2n) is 6.42. The Labute approximate surface area is 196 Å². The number of pyridine rings is 1. The maximum Gasteiger partial charge on any atom is 0.417 e. The minimum absolute atomic E-state index is 0.0296. The van der Waals surface area contributed by atoms with Crippen LogP contribution in [-0.2, 0) is 22.1 Å². The molecule has 0 bridgehead atoms. The molecule has 33 heavy (non-hydrogen) atoms. The van der Waals surface area contributed by atoms with Gasteiger partial charge in [-0.05, 0) is 23.8 Å². The van der Waals surface area contributed by atoms with Crippen molar-refractivity contribution in [3.63, 3.8) is 0 Å². The summed E-state index contributed by atoms with van der Waals surface area (Å²) in [6, 6.07) is 5.65. The van der Waals surface area contributed by atoms with Crippen molar-refractivity contribution in [3.8, 4) is 23.0 Å². The molecule has 1 aromatic carbocycles. The Morgan fingerprint density at radius 3 is 2.48 bits per heavy atom. The molecule has 0 unspecified atom stereocenters. The van der Waals surface area contributed by atoms with Gasteiger partial charge in [-0.3, -0.25) is 4.79 Å². The second-order valence-corrected chi connectivity index (χ2v) is 7.24. The maximum atomic E-state index is 13.0. The lowest BCUT2D eigenvalue weighted by Gasteiger charge is -2.07. The summed E-state index contributed by atoms with van der Waals surface area (Å²) in [7, 11) is 1.29. The number of carbonyl (C=O) groups excluding carboxylic acids is 1. The molecule has 0 aliphatic heterocycles. The molecule has 3 heterocycles. The molecule has 0 fully saturated rings. The number of fused-ring (bicyclic) bond motifs is 1. The smallest absolute Gasteiger partial charge is 0.417 e. The largest absolute Gasteiger partial charge is 0.469 e. The first-order valence-electron chi connectivity index (χ1n) is 9.61. The zero-order valence-electron chi connectivity index (χ0n) is 17.6. The molecule has 0 atom stereocenters. The van der Waals surface area contributed by atoms with E-state index in [1.54, 1.807) is 18.2 Å². The van der Waals surface area contributed by atoms with Crippen LogP contribution >= 0.6 is 23.2 Å². The average molecular weight is 501 g/mol. The summed E-state index contributed by atoms with van der Waals surface area (Å²) in [6.07, 6.45) is -2.34. The highest BCUT2D eigenvalue weighted by Crippen LogP contribution is 2.34. The number of benzene rings is 1. The lowest BCUT2D eigenvalue weighted by molar-refractivity contribution is -0.140. The molecule has 0 N–H and O–H groups in total. The lowest BCUT2D eigenvalue weighted by Crippen LogP contribution is -2.06. The fourth-order valence-electron chi connectivity index (χ4n) is 2.84. The number of esters is 1. The monoisotopic (exact) mass is 500 g/mol. The predicted octanol–water partition coefficient (Wildman–Crippen LogP) is 6.12. The van der Waals surface area contributed by atoms with Gasteiger partial charge in [0.2, 0.25) is 5.82 Å². The van der Waals surface area contributed by atoms with Gasteiger partial charge in [-0.25, -0.2) is 4.98 Å². The lowest BCUT2D eigenvalue weighted by atomic mass is 10.1. The number of carbonyl (C=O) groups is 1. The van der Waals surface area contributed by atoms with Crippen molar-refractivity contribution in [3.05, 3.63) is 57.8 Å². The van der Waals surface area contributed by atoms with Crippen molar-refractivity contribution in [2.24, 2.45) is 0 Å². The number of halogens is 5. The van der Waals surface area contributed by atoms with E-state index in [0.29, 0.717) is 11.1 Å². The van der Waals surface area contributed by atoms with Crippen LogP contribution in [0.3, 0.4) is 0 Å². The van der Waals surface area contributed by atoms with E-state index >= 15 is 0 Å². The average Bonchev–Trinajstić information content (AvgIpc) is 3.42. The topological polar surface area (TPSA) is 82.5 Å². The molecule has 0 radical (unpaired) electrons. The van der Waals surface area contributed by atoms with Crippen molar-refractivity contribution >= 4 is 34.8 Å². The van der Waals surface area contributed by atoms with Gasteiger partial charge in [0.15, 0.2) is 5.65 Å². The van der Waals surface area contributed by atoms with Crippen molar-refractivity contribution in [1.82, 2.24) is 19.5 Å². The minimum atomic E-state index is -4.56. The molecule has 0 saturated carbocycles. The predicted molar refractivity (Wildman–Crippen MR) is 116 cm³/mol.